The van der Waals surface area contributed by atoms with Crippen molar-refractivity contribution in [3.8, 4) is 11.5 Å². The summed E-state index contributed by atoms with van der Waals surface area (Å²) in [6.07, 6.45) is 1.51. The second kappa shape index (κ2) is 8.90. The molecule has 0 aliphatic carbocycles. The van der Waals surface area contributed by atoms with Gasteiger partial charge in [0.25, 0.3) is 17.3 Å². The largest absolute Gasteiger partial charge is 0.497 e. The van der Waals surface area contributed by atoms with E-state index in [-0.39, 0.29) is 23.7 Å². The molecule has 12 nitrogen and oxygen atoms in total. The lowest BCUT2D eigenvalue weighted by Crippen LogP contribution is -2.15. The van der Waals surface area contributed by atoms with Gasteiger partial charge < -0.3 is 14.8 Å². The number of carbonyl (C=O) groups excluding carboxylic acids is 1. The number of carbonyl (C=O) groups is 1. The number of methoxy groups -OCH3 is 1. The van der Waals surface area contributed by atoms with E-state index in [1.807, 2.05) is 0 Å². The molecule has 1 heterocycles. The van der Waals surface area contributed by atoms with E-state index in [9.17, 15) is 25.0 Å². The molecular weight excluding hydrogens is 410 g/mol. The molecule has 160 valence electrons. The fourth-order valence-electron chi connectivity index (χ4n) is 2.70. The first-order valence-corrected chi connectivity index (χ1v) is 8.83. The van der Waals surface area contributed by atoms with Gasteiger partial charge in [-0.05, 0) is 37.3 Å². The van der Waals surface area contributed by atoms with Gasteiger partial charge in [-0.25, -0.2) is 4.68 Å². The lowest BCUT2D eigenvalue weighted by Gasteiger charge is -2.07. The summed E-state index contributed by atoms with van der Waals surface area (Å²) in [6, 6.07) is 10.4. The summed E-state index contributed by atoms with van der Waals surface area (Å²) in [7, 11) is 1.55. The Morgan fingerprint density at radius 1 is 1.06 bits per heavy atom. The summed E-state index contributed by atoms with van der Waals surface area (Å²) in [6.45, 7) is 1.30. The molecule has 2 aromatic carbocycles. The van der Waals surface area contributed by atoms with Gasteiger partial charge in [0.05, 0.1) is 22.6 Å². The predicted molar refractivity (Wildman–Crippen MR) is 108 cm³/mol. The van der Waals surface area contributed by atoms with Gasteiger partial charge in [0.1, 0.15) is 17.1 Å². The molecule has 3 rings (SSSR count). The van der Waals surface area contributed by atoms with Crippen LogP contribution in [0.15, 0.2) is 48.7 Å². The van der Waals surface area contributed by atoms with Crippen molar-refractivity contribution in [3.63, 3.8) is 0 Å². The molecule has 31 heavy (non-hydrogen) atoms. The third-order valence-corrected chi connectivity index (χ3v) is 4.30. The van der Waals surface area contributed by atoms with Crippen LogP contribution < -0.4 is 14.8 Å². The predicted octanol–water partition coefficient (Wildman–Crippen LogP) is 3.31. The lowest BCUT2D eigenvalue weighted by atomic mass is 10.1. The number of benzene rings is 2. The number of rotatable bonds is 8. The van der Waals surface area contributed by atoms with Crippen molar-refractivity contribution in [2.24, 2.45) is 0 Å². The fourth-order valence-corrected chi connectivity index (χ4v) is 2.70. The monoisotopic (exact) mass is 427 g/mol. The zero-order chi connectivity index (χ0) is 22.5. The first-order chi connectivity index (χ1) is 14.8. The number of hydrogen-bond donors (Lipinski definition) is 1. The number of aromatic nitrogens is 2. The molecule has 0 bridgehead atoms. The van der Waals surface area contributed by atoms with E-state index in [4.69, 9.17) is 9.47 Å². The Balaban J connectivity index is 1.70. The van der Waals surface area contributed by atoms with Crippen molar-refractivity contribution in [1.82, 2.24) is 9.78 Å². The van der Waals surface area contributed by atoms with Crippen LogP contribution in [0, 0.1) is 27.2 Å². The van der Waals surface area contributed by atoms with Gasteiger partial charge in [-0.2, -0.15) is 5.10 Å². The second-order valence-corrected chi connectivity index (χ2v) is 6.30. The Labute approximate surface area is 175 Å². The van der Waals surface area contributed by atoms with E-state index in [1.165, 1.54) is 23.9 Å². The number of nitrogens with zero attached hydrogens (tertiary/aromatic N) is 4. The molecule has 1 N–H and O–H groups in total. The molecule has 0 saturated carbocycles. The van der Waals surface area contributed by atoms with Gasteiger partial charge in [-0.15, -0.1) is 0 Å². The van der Waals surface area contributed by atoms with E-state index >= 15 is 0 Å². The number of amides is 1. The van der Waals surface area contributed by atoms with Crippen LogP contribution in [0.1, 0.15) is 16.1 Å². The van der Waals surface area contributed by atoms with Crippen molar-refractivity contribution in [2.75, 3.05) is 12.4 Å². The van der Waals surface area contributed by atoms with E-state index in [0.717, 1.165) is 12.1 Å². The SMILES string of the molecule is COc1ccc(OCn2ccc(C(=O)Nc3cc([N+](=O)[O-])c(C)c([N+](=O)[O-])c3)n2)cc1. The van der Waals surface area contributed by atoms with Crippen LogP contribution in [0.4, 0.5) is 17.1 Å². The summed E-state index contributed by atoms with van der Waals surface area (Å²) in [5, 5.41) is 28.8. The molecule has 0 aliphatic rings. The standard InChI is InChI=1S/C19H17N5O7/c1-12-17(23(26)27)9-13(10-18(12)24(28)29)20-19(25)16-7-8-22(21-16)11-31-15-5-3-14(30-2)4-6-15/h3-10H,11H2,1-2H3,(H,20,25). The number of anilines is 1. The third-order valence-electron chi connectivity index (χ3n) is 4.30. The van der Waals surface area contributed by atoms with Crippen molar-refractivity contribution in [3.05, 3.63) is 80.1 Å². The number of nitrogens with one attached hydrogen (secondary N) is 1. The number of nitro benzene ring substituents is 2. The molecule has 0 radical (unpaired) electrons. The average molecular weight is 427 g/mol. The Bertz CT molecular complexity index is 1110. The molecule has 12 heteroatoms. The highest BCUT2D eigenvalue weighted by molar-refractivity contribution is 6.03. The lowest BCUT2D eigenvalue weighted by molar-refractivity contribution is -0.395. The maximum absolute atomic E-state index is 12.4. The van der Waals surface area contributed by atoms with E-state index in [1.54, 1.807) is 31.4 Å². The second-order valence-electron chi connectivity index (χ2n) is 6.30. The molecule has 0 atom stereocenters. The molecule has 3 aromatic rings. The molecular formula is C19H17N5O7. The van der Waals surface area contributed by atoms with Crippen LogP contribution in [-0.2, 0) is 6.73 Å². The van der Waals surface area contributed by atoms with Gasteiger partial charge in [0, 0.05) is 18.3 Å². The van der Waals surface area contributed by atoms with Gasteiger partial charge in [-0.3, -0.25) is 25.0 Å². The number of ether oxygens (including phenoxy) is 2. The Morgan fingerprint density at radius 2 is 1.65 bits per heavy atom. The van der Waals surface area contributed by atoms with Crippen LogP contribution >= 0.6 is 0 Å². The fraction of sp³-hybridized carbons (Fsp3) is 0.158. The Kier molecular flexibility index (Phi) is 6.10. The van der Waals surface area contributed by atoms with Crippen molar-refractivity contribution in [1.29, 1.82) is 0 Å². The Hall–Kier alpha value is -4.48. The van der Waals surface area contributed by atoms with Crippen LogP contribution in [0.2, 0.25) is 0 Å². The van der Waals surface area contributed by atoms with Gasteiger partial charge in [-0.1, -0.05) is 0 Å². The first kappa shape index (κ1) is 21.2. The van der Waals surface area contributed by atoms with Gasteiger partial charge in [0.2, 0.25) is 0 Å². The molecule has 1 amide bonds. The summed E-state index contributed by atoms with van der Waals surface area (Å²) >= 11 is 0. The highest BCUT2D eigenvalue weighted by atomic mass is 16.6. The quantitative estimate of drug-likeness (QED) is 0.424. The average Bonchev–Trinajstić information content (AvgIpc) is 3.22. The van der Waals surface area contributed by atoms with E-state index in [2.05, 4.69) is 10.4 Å². The van der Waals surface area contributed by atoms with Crippen molar-refractivity contribution < 1.29 is 24.1 Å². The zero-order valence-electron chi connectivity index (χ0n) is 16.5. The smallest absolute Gasteiger partial charge is 0.281 e. The molecule has 1 aromatic heterocycles. The number of hydrogen-bond acceptors (Lipinski definition) is 8. The van der Waals surface area contributed by atoms with E-state index in [0.29, 0.717) is 11.5 Å². The Morgan fingerprint density at radius 3 is 2.19 bits per heavy atom. The summed E-state index contributed by atoms with van der Waals surface area (Å²) < 4.78 is 12.0. The minimum Gasteiger partial charge on any atom is -0.497 e. The highest BCUT2D eigenvalue weighted by Crippen LogP contribution is 2.31. The van der Waals surface area contributed by atoms with E-state index < -0.39 is 27.1 Å². The van der Waals surface area contributed by atoms with Crippen LogP contribution in [0.5, 0.6) is 11.5 Å². The maximum Gasteiger partial charge on any atom is 0.281 e. The molecule has 0 unspecified atom stereocenters. The summed E-state index contributed by atoms with van der Waals surface area (Å²) in [5.41, 5.74) is -1.12. The zero-order valence-corrected chi connectivity index (χ0v) is 16.5. The van der Waals surface area contributed by atoms with Gasteiger partial charge in [0.15, 0.2) is 12.4 Å². The molecule has 0 aliphatic heterocycles. The highest BCUT2D eigenvalue weighted by Gasteiger charge is 2.24. The van der Waals surface area contributed by atoms with Crippen LogP contribution in [0.3, 0.4) is 0 Å². The summed E-state index contributed by atoms with van der Waals surface area (Å²) in [4.78, 5) is 33.3. The molecule has 0 spiro atoms. The maximum atomic E-state index is 12.4. The van der Waals surface area contributed by atoms with Crippen LogP contribution in [0.25, 0.3) is 0 Å². The minimum atomic E-state index is -0.747. The van der Waals surface area contributed by atoms with Crippen molar-refractivity contribution >= 4 is 23.0 Å². The van der Waals surface area contributed by atoms with Crippen LogP contribution in [-0.4, -0.2) is 32.6 Å². The third kappa shape index (κ3) is 4.93. The normalized spacial score (nSPS) is 10.4. The molecule has 0 fully saturated rings. The topological polar surface area (TPSA) is 152 Å². The van der Waals surface area contributed by atoms with Crippen molar-refractivity contribution in [2.45, 2.75) is 13.7 Å². The first-order valence-electron chi connectivity index (χ1n) is 8.83. The van der Waals surface area contributed by atoms with Gasteiger partial charge >= 0.3 is 0 Å². The minimum absolute atomic E-state index is 0.00390. The summed E-state index contributed by atoms with van der Waals surface area (Å²) in [5.74, 6) is 0.569. The molecule has 0 saturated heterocycles. The number of nitro groups is 2.